The van der Waals surface area contributed by atoms with Gasteiger partial charge in [0.05, 0.1) is 5.60 Å². The van der Waals surface area contributed by atoms with Crippen LogP contribution in [0.2, 0.25) is 0 Å². The van der Waals surface area contributed by atoms with E-state index in [0.29, 0.717) is 12.8 Å². The Hall–Kier alpha value is -1.01. The molecule has 4 unspecified atom stereocenters. The van der Waals surface area contributed by atoms with Crippen LogP contribution in [0.25, 0.3) is 0 Å². The van der Waals surface area contributed by atoms with Crippen LogP contribution in [0.4, 0.5) is 0 Å². The smallest absolute Gasteiger partial charge is 0.302 e. The Kier molecular flexibility index (Phi) is 5.55. The number of benzene rings is 1. The number of rotatable bonds is 5. The van der Waals surface area contributed by atoms with E-state index in [1.54, 1.807) is 0 Å². The molecule has 0 saturated heterocycles. The SMILES string of the molecule is CC1=CCC(O)(C(C)C(OS(=O)O)c2ccc(C)cc2)CC1. The maximum absolute atomic E-state index is 11.2. The molecule has 22 heavy (non-hydrogen) atoms. The van der Waals surface area contributed by atoms with Crippen LogP contribution in [-0.2, 0) is 15.5 Å². The first kappa shape index (κ1) is 17.3. The molecular weight excluding hydrogens is 300 g/mol. The molecule has 4 nitrogen and oxygen atoms in total. The second kappa shape index (κ2) is 7.04. The topological polar surface area (TPSA) is 66.8 Å². The molecule has 1 aliphatic rings. The summed E-state index contributed by atoms with van der Waals surface area (Å²) in [5.74, 6) is -0.296. The van der Waals surface area contributed by atoms with Gasteiger partial charge < -0.3 is 5.11 Å². The molecule has 0 radical (unpaired) electrons. The highest BCUT2D eigenvalue weighted by atomic mass is 32.2. The third kappa shape index (κ3) is 4.04. The average Bonchev–Trinajstić information content (AvgIpc) is 2.48. The highest BCUT2D eigenvalue weighted by molar-refractivity contribution is 7.74. The second-order valence-corrected chi connectivity index (χ2v) is 6.92. The molecule has 2 N–H and O–H groups in total. The van der Waals surface area contributed by atoms with E-state index < -0.39 is 23.1 Å². The number of aryl methyl sites for hydroxylation is 1. The summed E-state index contributed by atoms with van der Waals surface area (Å²) >= 11 is -2.38. The fraction of sp³-hybridized carbons (Fsp3) is 0.529. The van der Waals surface area contributed by atoms with Crippen molar-refractivity contribution in [2.45, 2.75) is 51.7 Å². The van der Waals surface area contributed by atoms with Crippen molar-refractivity contribution in [1.82, 2.24) is 0 Å². The number of aliphatic hydroxyl groups is 1. The van der Waals surface area contributed by atoms with Gasteiger partial charge in [0.1, 0.15) is 6.10 Å². The van der Waals surface area contributed by atoms with Crippen molar-refractivity contribution >= 4 is 11.4 Å². The van der Waals surface area contributed by atoms with Gasteiger partial charge in [-0.2, -0.15) is 4.21 Å². The lowest BCUT2D eigenvalue weighted by Gasteiger charge is -2.39. The number of hydrogen-bond donors (Lipinski definition) is 2. The molecule has 0 heterocycles. The van der Waals surface area contributed by atoms with Crippen LogP contribution in [0.3, 0.4) is 0 Å². The first-order valence-corrected chi connectivity index (χ1v) is 8.57. The van der Waals surface area contributed by atoms with Gasteiger partial charge in [-0.3, -0.25) is 8.74 Å². The van der Waals surface area contributed by atoms with Crippen LogP contribution in [0.15, 0.2) is 35.9 Å². The summed E-state index contributed by atoms with van der Waals surface area (Å²) in [6, 6.07) is 7.65. The number of hydrogen-bond acceptors (Lipinski definition) is 3. The highest BCUT2D eigenvalue weighted by Crippen LogP contribution is 2.41. The van der Waals surface area contributed by atoms with E-state index in [1.807, 2.05) is 44.2 Å². The average molecular weight is 324 g/mol. The van der Waals surface area contributed by atoms with Gasteiger partial charge in [-0.1, -0.05) is 48.4 Å². The first-order valence-electron chi connectivity index (χ1n) is 7.54. The van der Waals surface area contributed by atoms with Crippen molar-refractivity contribution in [2.24, 2.45) is 5.92 Å². The van der Waals surface area contributed by atoms with Crippen molar-refractivity contribution in [2.75, 3.05) is 0 Å². The Morgan fingerprint density at radius 1 is 1.27 bits per heavy atom. The van der Waals surface area contributed by atoms with E-state index in [1.165, 1.54) is 5.57 Å². The van der Waals surface area contributed by atoms with E-state index >= 15 is 0 Å². The summed E-state index contributed by atoms with van der Waals surface area (Å²) < 4.78 is 25.6. The van der Waals surface area contributed by atoms with Crippen LogP contribution in [0, 0.1) is 12.8 Å². The Bertz CT molecular complexity index is 567. The molecular formula is C17H24O4S. The van der Waals surface area contributed by atoms with Gasteiger partial charge in [0, 0.05) is 5.92 Å². The molecule has 1 aromatic rings. The minimum atomic E-state index is -2.38. The van der Waals surface area contributed by atoms with E-state index in [9.17, 15) is 9.32 Å². The Balaban J connectivity index is 2.28. The Labute approximate surface area is 134 Å². The minimum absolute atomic E-state index is 0.296. The van der Waals surface area contributed by atoms with Crippen LogP contribution in [0.5, 0.6) is 0 Å². The highest BCUT2D eigenvalue weighted by Gasteiger charge is 2.40. The predicted octanol–water partition coefficient (Wildman–Crippen LogP) is 3.69. The molecule has 0 aliphatic heterocycles. The zero-order chi connectivity index (χ0) is 16.3. The van der Waals surface area contributed by atoms with Crippen molar-refractivity contribution in [1.29, 1.82) is 0 Å². The van der Waals surface area contributed by atoms with Crippen LogP contribution < -0.4 is 0 Å². The van der Waals surface area contributed by atoms with Gasteiger partial charge in [-0.25, -0.2) is 0 Å². The standard InChI is InChI=1S/C17H24O4S/c1-12-4-6-15(7-5-12)16(21-22(19)20)14(3)17(18)10-8-13(2)9-11-17/h4-8,14,16,18H,9-11H2,1-3H3,(H,19,20). The van der Waals surface area contributed by atoms with Gasteiger partial charge in [-0.15, -0.1) is 0 Å². The van der Waals surface area contributed by atoms with Crippen LogP contribution in [0.1, 0.15) is 50.3 Å². The lowest BCUT2D eigenvalue weighted by Crippen LogP contribution is -2.41. The summed E-state index contributed by atoms with van der Waals surface area (Å²) in [6.07, 6.45) is 3.44. The molecule has 0 aromatic heterocycles. The Morgan fingerprint density at radius 2 is 1.91 bits per heavy atom. The third-order valence-corrected chi connectivity index (χ3v) is 5.02. The second-order valence-electron chi connectivity index (χ2n) is 6.29. The maximum Gasteiger partial charge on any atom is 0.302 e. The molecule has 1 aromatic carbocycles. The predicted molar refractivity (Wildman–Crippen MR) is 87.5 cm³/mol. The monoisotopic (exact) mass is 324 g/mol. The molecule has 0 spiro atoms. The number of allylic oxidation sites excluding steroid dienone is 1. The van der Waals surface area contributed by atoms with Gasteiger partial charge in [0.15, 0.2) is 0 Å². The van der Waals surface area contributed by atoms with E-state index in [2.05, 4.69) is 6.92 Å². The Morgan fingerprint density at radius 3 is 2.41 bits per heavy atom. The third-order valence-electron chi connectivity index (χ3n) is 4.65. The van der Waals surface area contributed by atoms with E-state index in [0.717, 1.165) is 17.5 Å². The zero-order valence-electron chi connectivity index (χ0n) is 13.3. The molecule has 1 aliphatic carbocycles. The summed E-state index contributed by atoms with van der Waals surface area (Å²) in [6.45, 7) is 5.92. The van der Waals surface area contributed by atoms with Crippen molar-refractivity contribution in [3.8, 4) is 0 Å². The van der Waals surface area contributed by atoms with E-state index in [-0.39, 0.29) is 5.92 Å². The van der Waals surface area contributed by atoms with Gasteiger partial charge >= 0.3 is 11.4 Å². The van der Waals surface area contributed by atoms with Crippen LogP contribution >= 0.6 is 0 Å². The fourth-order valence-electron chi connectivity index (χ4n) is 2.94. The quantitative estimate of drug-likeness (QED) is 0.640. The molecule has 4 atom stereocenters. The lowest BCUT2D eigenvalue weighted by atomic mass is 9.74. The first-order chi connectivity index (χ1) is 10.3. The maximum atomic E-state index is 11.2. The minimum Gasteiger partial charge on any atom is -0.389 e. The summed E-state index contributed by atoms with van der Waals surface area (Å²) in [4.78, 5) is 0. The molecule has 2 rings (SSSR count). The van der Waals surface area contributed by atoms with Gasteiger partial charge in [0.2, 0.25) is 0 Å². The molecule has 5 heteroatoms. The summed E-state index contributed by atoms with van der Waals surface area (Å²) in [7, 11) is 0. The summed E-state index contributed by atoms with van der Waals surface area (Å²) in [5, 5.41) is 11.0. The van der Waals surface area contributed by atoms with Crippen molar-refractivity contribution < 1.29 is 18.1 Å². The molecule has 0 saturated carbocycles. The summed E-state index contributed by atoms with van der Waals surface area (Å²) in [5.41, 5.74) is 2.26. The fourth-order valence-corrected chi connectivity index (χ4v) is 3.39. The molecule has 0 fully saturated rings. The molecule has 0 bridgehead atoms. The van der Waals surface area contributed by atoms with Gasteiger partial charge in [0.25, 0.3) is 0 Å². The lowest BCUT2D eigenvalue weighted by molar-refractivity contribution is -0.0629. The van der Waals surface area contributed by atoms with Crippen LogP contribution in [-0.4, -0.2) is 19.5 Å². The van der Waals surface area contributed by atoms with Crippen molar-refractivity contribution in [3.05, 3.63) is 47.0 Å². The molecule has 0 amide bonds. The normalized spacial score (nSPS) is 26.1. The van der Waals surface area contributed by atoms with Crippen molar-refractivity contribution in [3.63, 3.8) is 0 Å². The largest absolute Gasteiger partial charge is 0.389 e. The molecule has 122 valence electrons. The van der Waals surface area contributed by atoms with Gasteiger partial charge in [-0.05, 0) is 38.7 Å². The van der Waals surface area contributed by atoms with E-state index in [4.69, 9.17) is 8.74 Å². The zero-order valence-corrected chi connectivity index (χ0v) is 14.1.